The van der Waals surface area contributed by atoms with Crippen LogP contribution in [0.1, 0.15) is 28.0 Å². The predicted molar refractivity (Wildman–Crippen MR) is 114 cm³/mol. The molecule has 3 heterocycles. The van der Waals surface area contributed by atoms with Crippen molar-refractivity contribution in [3.05, 3.63) is 39.8 Å². The highest BCUT2D eigenvalue weighted by Crippen LogP contribution is 2.33. The average Bonchev–Trinajstić information content (AvgIpc) is 3.42. The summed E-state index contributed by atoms with van der Waals surface area (Å²) in [7, 11) is 0. The molecule has 0 unspecified atom stereocenters. The van der Waals surface area contributed by atoms with Crippen LogP contribution in [0, 0.1) is 0 Å². The molecule has 1 aromatic heterocycles. The second kappa shape index (κ2) is 10.2. The van der Waals surface area contributed by atoms with E-state index < -0.39 is 0 Å². The maximum absolute atomic E-state index is 12.1. The van der Waals surface area contributed by atoms with Gasteiger partial charge in [-0.15, -0.1) is 11.3 Å². The maximum atomic E-state index is 12.1. The van der Waals surface area contributed by atoms with Crippen molar-refractivity contribution in [2.75, 3.05) is 52.7 Å². The van der Waals surface area contributed by atoms with Crippen molar-refractivity contribution in [3.8, 4) is 11.5 Å². The summed E-state index contributed by atoms with van der Waals surface area (Å²) < 4.78 is 16.4. The predicted octanol–water partition coefficient (Wildman–Crippen LogP) is 1.96. The zero-order valence-electron chi connectivity index (χ0n) is 17.3. The Morgan fingerprint density at radius 1 is 1.23 bits per heavy atom. The third-order valence-electron chi connectivity index (χ3n) is 5.16. The first kappa shape index (κ1) is 21.0. The Bertz CT molecular complexity index is 853. The molecule has 0 bridgehead atoms. The van der Waals surface area contributed by atoms with Gasteiger partial charge in [-0.25, -0.2) is 4.98 Å². The first-order valence-electron chi connectivity index (χ1n) is 10.3. The molecule has 0 radical (unpaired) electrons. The summed E-state index contributed by atoms with van der Waals surface area (Å²) >= 11 is 1.53. The number of nitrogens with zero attached hydrogens (tertiary/aromatic N) is 3. The van der Waals surface area contributed by atoms with Crippen molar-refractivity contribution in [2.45, 2.75) is 20.0 Å². The number of carbonyl (C=O) groups excluding carboxylic acids is 1. The monoisotopic (exact) mass is 432 g/mol. The quantitative estimate of drug-likeness (QED) is 0.649. The van der Waals surface area contributed by atoms with E-state index in [1.165, 1.54) is 16.9 Å². The van der Waals surface area contributed by atoms with Gasteiger partial charge in [-0.05, 0) is 24.6 Å². The molecule has 4 rings (SSSR count). The number of hydrogen-bond donors (Lipinski definition) is 1. The molecule has 0 atom stereocenters. The fraction of sp³-hybridized carbons (Fsp3) is 0.524. The van der Waals surface area contributed by atoms with Gasteiger partial charge in [0, 0.05) is 44.6 Å². The number of hydrogen-bond acceptors (Lipinski definition) is 8. The van der Waals surface area contributed by atoms with Crippen LogP contribution in [0.25, 0.3) is 0 Å². The van der Waals surface area contributed by atoms with Crippen LogP contribution in [0.2, 0.25) is 0 Å². The van der Waals surface area contributed by atoms with E-state index in [0.717, 1.165) is 62.4 Å². The Hall–Kier alpha value is -2.20. The van der Waals surface area contributed by atoms with Crippen LogP contribution in [0.15, 0.2) is 23.6 Å². The van der Waals surface area contributed by atoms with Crippen molar-refractivity contribution in [1.82, 2.24) is 20.1 Å². The number of benzene rings is 1. The highest BCUT2D eigenvalue weighted by molar-refractivity contribution is 7.09. The van der Waals surface area contributed by atoms with Gasteiger partial charge in [0.1, 0.15) is 10.7 Å². The third-order valence-corrected chi connectivity index (χ3v) is 5.99. The molecular weight excluding hydrogens is 404 g/mol. The Kier molecular flexibility index (Phi) is 7.16. The highest BCUT2D eigenvalue weighted by atomic mass is 32.1. The summed E-state index contributed by atoms with van der Waals surface area (Å²) in [6.45, 7) is 9.67. The van der Waals surface area contributed by atoms with Crippen LogP contribution in [-0.2, 0) is 17.8 Å². The number of nitrogens with one attached hydrogen (secondary N) is 1. The minimum Gasteiger partial charge on any atom is -0.454 e. The summed E-state index contributed by atoms with van der Waals surface area (Å²) in [6, 6.07) is 6.09. The van der Waals surface area contributed by atoms with Crippen LogP contribution in [0.4, 0.5) is 0 Å². The lowest BCUT2D eigenvalue weighted by Crippen LogP contribution is -2.41. The molecule has 9 heteroatoms. The fourth-order valence-electron chi connectivity index (χ4n) is 3.55. The lowest BCUT2D eigenvalue weighted by Gasteiger charge is -2.29. The van der Waals surface area contributed by atoms with Crippen molar-refractivity contribution < 1.29 is 19.0 Å². The molecule has 30 heavy (non-hydrogen) atoms. The van der Waals surface area contributed by atoms with Gasteiger partial charge in [0.2, 0.25) is 6.79 Å². The fourth-order valence-corrected chi connectivity index (χ4v) is 4.36. The van der Waals surface area contributed by atoms with Gasteiger partial charge in [0.15, 0.2) is 11.5 Å². The zero-order valence-corrected chi connectivity index (χ0v) is 18.1. The van der Waals surface area contributed by atoms with Gasteiger partial charge < -0.3 is 19.5 Å². The molecule has 1 aromatic carbocycles. The van der Waals surface area contributed by atoms with E-state index in [0.29, 0.717) is 18.8 Å². The molecule has 0 aliphatic carbocycles. The number of fused-ring (bicyclic) bond motifs is 1. The second-order valence-electron chi connectivity index (χ2n) is 7.34. The lowest BCUT2D eigenvalue weighted by atomic mass is 10.2. The minimum absolute atomic E-state index is 0.115. The van der Waals surface area contributed by atoms with Crippen LogP contribution >= 0.6 is 11.3 Å². The molecule has 0 spiro atoms. The number of rotatable bonds is 9. The summed E-state index contributed by atoms with van der Waals surface area (Å²) in [4.78, 5) is 21.4. The van der Waals surface area contributed by atoms with E-state index in [1.54, 1.807) is 0 Å². The van der Waals surface area contributed by atoms with Crippen molar-refractivity contribution in [2.24, 2.45) is 0 Å². The average molecular weight is 433 g/mol. The second-order valence-corrected chi connectivity index (χ2v) is 8.28. The summed E-state index contributed by atoms with van der Waals surface area (Å²) in [5.74, 6) is 1.48. The van der Waals surface area contributed by atoms with E-state index >= 15 is 0 Å². The Labute approximate surface area is 180 Å². The summed E-state index contributed by atoms with van der Waals surface area (Å²) in [5.41, 5.74) is 1.66. The molecule has 1 fully saturated rings. The van der Waals surface area contributed by atoms with E-state index in [4.69, 9.17) is 14.2 Å². The van der Waals surface area contributed by atoms with E-state index in [1.807, 2.05) is 24.4 Å². The van der Waals surface area contributed by atoms with Gasteiger partial charge in [-0.1, -0.05) is 6.07 Å². The van der Waals surface area contributed by atoms with Gasteiger partial charge in [-0.3, -0.25) is 14.6 Å². The number of morpholine rings is 1. The Balaban J connectivity index is 1.43. The van der Waals surface area contributed by atoms with Gasteiger partial charge >= 0.3 is 0 Å². The number of amides is 1. The van der Waals surface area contributed by atoms with E-state index in [-0.39, 0.29) is 12.7 Å². The number of carbonyl (C=O) groups is 1. The first-order valence-corrected chi connectivity index (χ1v) is 11.2. The zero-order chi connectivity index (χ0) is 20.8. The number of aromatic nitrogens is 1. The highest BCUT2D eigenvalue weighted by Gasteiger charge is 2.18. The van der Waals surface area contributed by atoms with E-state index in [9.17, 15) is 4.79 Å². The molecular formula is C21H28N4O4S. The van der Waals surface area contributed by atoms with Gasteiger partial charge in [-0.2, -0.15) is 0 Å². The largest absolute Gasteiger partial charge is 0.454 e. The van der Waals surface area contributed by atoms with Crippen LogP contribution < -0.4 is 14.8 Å². The molecule has 1 N–H and O–H groups in total. The summed E-state index contributed by atoms with van der Waals surface area (Å²) in [5, 5.41) is 5.59. The SMILES string of the molecule is CCNC(=O)c1csc(CN(CCN2CCOCC2)Cc2ccc3c(c2)OCO3)n1. The number of thiazole rings is 1. The Morgan fingerprint density at radius 3 is 2.90 bits per heavy atom. The third kappa shape index (κ3) is 5.48. The molecule has 0 saturated carbocycles. The standard InChI is InChI=1S/C21H28N4O4S/c1-2-22-21(26)17-14-30-20(23-17)13-25(6-5-24-7-9-27-10-8-24)12-16-3-4-18-19(11-16)29-15-28-18/h3-4,11,14H,2,5-10,12-13,15H2,1H3,(H,22,26). The molecule has 162 valence electrons. The topological polar surface area (TPSA) is 76.2 Å². The molecule has 8 nitrogen and oxygen atoms in total. The van der Waals surface area contributed by atoms with Gasteiger partial charge in [0.25, 0.3) is 5.91 Å². The molecule has 2 aromatic rings. The van der Waals surface area contributed by atoms with Crippen LogP contribution in [0.3, 0.4) is 0 Å². The molecule has 1 saturated heterocycles. The normalized spacial score (nSPS) is 16.2. The van der Waals surface area contributed by atoms with E-state index in [2.05, 4.69) is 26.2 Å². The van der Waals surface area contributed by atoms with Gasteiger partial charge in [0.05, 0.1) is 19.8 Å². The summed E-state index contributed by atoms with van der Waals surface area (Å²) in [6.07, 6.45) is 0. The first-order chi connectivity index (χ1) is 14.7. The molecule has 1 amide bonds. The van der Waals surface area contributed by atoms with Crippen molar-refractivity contribution in [3.63, 3.8) is 0 Å². The Morgan fingerprint density at radius 2 is 2.07 bits per heavy atom. The maximum Gasteiger partial charge on any atom is 0.270 e. The number of ether oxygens (including phenoxy) is 3. The van der Waals surface area contributed by atoms with Crippen LogP contribution in [-0.4, -0.2) is 73.4 Å². The van der Waals surface area contributed by atoms with Crippen molar-refractivity contribution in [1.29, 1.82) is 0 Å². The van der Waals surface area contributed by atoms with Crippen LogP contribution in [0.5, 0.6) is 11.5 Å². The lowest BCUT2D eigenvalue weighted by molar-refractivity contribution is 0.0325. The molecule has 2 aliphatic heterocycles. The van der Waals surface area contributed by atoms with Crippen molar-refractivity contribution >= 4 is 17.2 Å². The minimum atomic E-state index is -0.115. The molecule has 2 aliphatic rings. The smallest absolute Gasteiger partial charge is 0.270 e.